The number of hydrogen-bond donors (Lipinski definition) is 0. The summed E-state index contributed by atoms with van der Waals surface area (Å²) < 4.78 is 15.9. The summed E-state index contributed by atoms with van der Waals surface area (Å²) in [6.45, 7) is 4.37. The van der Waals surface area contributed by atoms with E-state index in [1.165, 1.54) is 32.4 Å². The lowest BCUT2D eigenvalue weighted by molar-refractivity contribution is 0.0587. The zero-order chi connectivity index (χ0) is 30.8. The third-order valence-corrected chi connectivity index (χ3v) is 6.64. The van der Waals surface area contributed by atoms with Gasteiger partial charge in [0, 0.05) is 30.7 Å². The van der Waals surface area contributed by atoms with Gasteiger partial charge in [-0.15, -0.1) is 0 Å². The fourth-order valence-corrected chi connectivity index (χ4v) is 4.31. The normalized spacial score (nSPS) is 11.5. The third-order valence-electron chi connectivity index (χ3n) is 6.64. The van der Waals surface area contributed by atoms with Gasteiger partial charge in [0.2, 0.25) is 0 Å². The summed E-state index contributed by atoms with van der Waals surface area (Å²) in [5, 5.41) is 0. The molecule has 0 spiro atoms. The number of ether oxygens (including phenoxy) is 3. The Morgan fingerprint density at radius 2 is 1.33 bits per heavy atom. The van der Waals surface area contributed by atoms with Crippen LogP contribution in [0.15, 0.2) is 114 Å². The first-order valence-electron chi connectivity index (χ1n) is 13.8. The van der Waals surface area contributed by atoms with E-state index < -0.39 is 11.9 Å². The smallest absolute Gasteiger partial charge is 0.340 e. The average Bonchev–Trinajstić information content (AvgIpc) is 3.05. The first kappa shape index (κ1) is 30.6. The van der Waals surface area contributed by atoms with Crippen LogP contribution in [0.3, 0.4) is 0 Å². The number of carbonyl (C=O) groups excluding carboxylic acids is 2. The summed E-state index contributed by atoms with van der Waals surface area (Å²) in [5.41, 5.74) is 4.74. The number of hydrogen-bond acceptors (Lipinski definition) is 7. The van der Waals surface area contributed by atoms with Crippen LogP contribution >= 0.6 is 0 Å². The van der Waals surface area contributed by atoms with Crippen molar-refractivity contribution in [3.05, 3.63) is 126 Å². The fraction of sp³-hybridized carbons (Fsp3) is 0.171. The van der Waals surface area contributed by atoms with Crippen molar-refractivity contribution < 1.29 is 23.8 Å². The van der Waals surface area contributed by atoms with Crippen LogP contribution in [0.2, 0.25) is 0 Å². The molecule has 0 atom stereocenters. The SMILES string of the molecule is CCN(C)/C(=N\c1cc(C(=O)OC)ccc1C(=O)OC)O/C(C)=C/c1ccc(N(c2ccccc2)c2ccccc2)cc1. The van der Waals surface area contributed by atoms with E-state index in [1.54, 1.807) is 4.90 Å². The standard InChI is InChI=1S/C35H35N3O5/c1-6-37(3)35(36-32-24-27(33(39)41-4)19-22-31(32)34(40)42-5)43-25(2)23-26-17-20-30(21-18-26)38(28-13-9-7-10-14-28)29-15-11-8-12-16-29/h7-24H,6H2,1-5H3/b25-23+,36-35+. The van der Waals surface area contributed by atoms with Gasteiger partial charge in [-0.1, -0.05) is 48.5 Å². The highest BCUT2D eigenvalue weighted by atomic mass is 16.5. The number of anilines is 3. The van der Waals surface area contributed by atoms with Gasteiger partial charge in [0.25, 0.3) is 6.02 Å². The molecule has 43 heavy (non-hydrogen) atoms. The van der Waals surface area contributed by atoms with Gasteiger partial charge in [0.05, 0.1) is 31.0 Å². The molecular weight excluding hydrogens is 542 g/mol. The first-order chi connectivity index (χ1) is 20.8. The third kappa shape index (κ3) is 7.68. The largest absolute Gasteiger partial charge is 0.465 e. The first-order valence-corrected chi connectivity index (χ1v) is 13.8. The quantitative estimate of drug-likeness (QED) is 0.0871. The molecule has 0 saturated carbocycles. The van der Waals surface area contributed by atoms with Gasteiger partial charge in [-0.25, -0.2) is 9.59 Å². The number of esters is 2. The molecule has 0 bridgehead atoms. The van der Waals surface area contributed by atoms with E-state index in [1.807, 2.05) is 75.5 Å². The molecular formula is C35H35N3O5. The summed E-state index contributed by atoms with van der Waals surface area (Å²) in [7, 11) is 4.40. The van der Waals surface area contributed by atoms with Gasteiger partial charge >= 0.3 is 11.9 Å². The summed E-state index contributed by atoms with van der Waals surface area (Å²) in [6.07, 6.45) is 1.91. The van der Waals surface area contributed by atoms with Crippen LogP contribution in [0.5, 0.6) is 0 Å². The Kier molecular flexibility index (Phi) is 10.3. The minimum Gasteiger partial charge on any atom is -0.465 e. The highest BCUT2D eigenvalue weighted by Crippen LogP contribution is 2.34. The van der Waals surface area contributed by atoms with Gasteiger partial charge in [0.15, 0.2) is 0 Å². The van der Waals surface area contributed by atoms with Gasteiger partial charge in [-0.3, -0.25) is 0 Å². The van der Waals surface area contributed by atoms with E-state index in [9.17, 15) is 9.59 Å². The lowest BCUT2D eigenvalue weighted by Gasteiger charge is -2.25. The van der Waals surface area contributed by atoms with E-state index in [-0.39, 0.29) is 22.8 Å². The van der Waals surface area contributed by atoms with Gasteiger partial charge in [-0.05, 0) is 80.1 Å². The Hall–Kier alpha value is -5.37. The average molecular weight is 578 g/mol. The zero-order valence-corrected chi connectivity index (χ0v) is 25.0. The predicted molar refractivity (Wildman–Crippen MR) is 170 cm³/mol. The Balaban J connectivity index is 1.64. The number of rotatable bonds is 9. The summed E-state index contributed by atoms with van der Waals surface area (Å²) >= 11 is 0. The molecule has 4 aromatic carbocycles. The lowest BCUT2D eigenvalue weighted by atomic mass is 10.1. The van der Waals surface area contributed by atoms with Crippen molar-refractivity contribution in [2.75, 3.05) is 32.7 Å². The van der Waals surface area contributed by atoms with Gasteiger partial charge in [0.1, 0.15) is 5.76 Å². The zero-order valence-electron chi connectivity index (χ0n) is 25.0. The molecule has 0 aliphatic carbocycles. The molecule has 4 rings (SSSR count). The molecule has 0 amide bonds. The van der Waals surface area contributed by atoms with E-state index in [4.69, 9.17) is 14.2 Å². The summed E-state index contributed by atoms with van der Waals surface area (Å²) in [5.74, 6) is -0.545. The lowest BCUT2D eigenvalue weighted by Crippen LogP contribution is -2.28. The van der Waals surface area contributed by atoms with Gasteiger partial charge in [-0.2, -0.15) is 4.99 Å². The number of para-hydroxylation sites is 2. The number of allylic oxidation sites excluding steroid dienone is 1. The number of carbonyl (C=O) groups is 2. The highest BCUT2D eigenvalue weighted by molar-refractivity contribution is 5.99. The van der Waals surface area contributed by atoms with Crippen molar-refractivity contribution in [2.24, 2.45) is 4.99 Å². The second-order valence-electron chi connectivity index (χ2n) is 9.58. The van der Waals surface area contributed by atoms with Crippen molar-refractivity contribution in [3.63, 3.8) is 0 Å². The number of aliphatic imine (C=N–C) groups is 1. The molecule has 0 radical (unpaired) electrons. The van der Waals surface area contributed by atoms with E-state index in [0.29, 0.717) is 12.3 Å². The topological polar surface area (TPSA) is 80.7 Å². The Labute approximate surface area is 252 Å². The number of amidine groups is 1. The molecule has 0 aromatic heterocycles. The van der Waals surface area contributed by atoms with Crippen LogP contribution < -0.4 is 4.90 Å². The van der Waals surface area contributed by atoms with Gasteiger partial charge < -0.3 is 24.0 Å². The fourth-order valence-electron chi connectivity index (χ4n) is 4.31. The van der Waals surface area contributed by atoms with Crippen molar-refractivity contribution in [3.8, 4) is 0 Å². The maximum Gasteiger partial charge on any atom is 0.340 e. The second-order valence-corrected chi connectivity index (χ2v) is 9.58. The van der Waals surface area contributed by atoms with E-state index >= 15 is 0 Å². The molecule has 0 saturated heterocycles. The molecule has 0 unspecified atom stereocenters. The van der Waals surface area contributed by atoms with Crippen LogP contribution in [0, 0.1) is 0 Å². The predicted octanol–water partition coefficient (Wildman–Crippen LogP) is 7.75. The van der Waals surface area contributed by atoms with Crippen LogP contribution in [-0.4, -0.2) is 50.7 Å². The molecule has 8 heteroatoms. The highest BCUT2D eigenvalue weighted by Gasteiger charge is 2.18. The van der Waals surface area contributed by atoms with E-state index in [0.717, 1.165) is 22.6 Å². The molecule has 0 N–H and O–H groups in total. The van der Waals surface area contributed by atoms with Crippen LogP contribution in [0.25, 0.3) is 6.08 Å². The number of benzene rings is 4. The Morgan fingerprint density at radius 3 is 1.86 bits per heavy atom. The summed E-state index contributed by atoms with van der Waals surface area (Å²) in [6, 6.07) is 33.3. The molecule has 0 fully saturated rings. The van der Waals surface area contributed by atoms with Crippen molar-refractivity contribution >= 4 is 46.8 Å². The molecule has 4 aromatic rings. The van der Waals surface area contributed by atoms with Crippen molar-refractivity contribution in [2.45, 2.75) is 13.8 Å². The van der Waals surface area contributed by atoms with Crippen LogP contribution in [0.1, 0.15) is 40.1 Å². The molecule has 220 valence electrons. The number of methoxy groups -OCH3 is 2. The van der Waals surface area contributed by atoms with E-state index in [2.05, 4.69) is 46.3 Å². The monoisotopic (exact) mass is 577 g/mol. The minimum absolute atomic E-state index is 0.194. The minimum atomic E-state index is -0.582. The molecule has 0 aliphatic rings. The van der Waals surface area contributed by atoms with Crippen LogP contribution in [0.4, 0.5) is 22.7 Å². The van der Waals surface area contributed by atoms with Crippen LogP contribution in [-0.2, 0) is 14.2 Å². The summed E-state index contributed by atoms with van der Waals surface area (Å²) in [4.78, 5) is 33.2. The molecule has 8 nitrogen and oxygen atoms in total. The Bertz CT molecular complexity index is 1560. The maximum absolute atomic E-state index is 12.4. The van der Waals surface area contributed by atoms with Crippen molar-refractivity contribution in [1.29, 1.82) is 0 Å². The molecule has 0 aliphatic heterocycles. The maximum atomic E-state index is 12.4. The molecule has 0 heterocycles. The number of nitrogens with zero attached hydrogens (tertiary/aromatic N) is 3. The Morgan fingerprint density at radius 1 is 0.767 bits per heavy atom. The second kappa shape index (κ2) is 14.5. The van der Waals surface area contributed by atoms with Crippen molar-refractivity contribution in [1.82, 2.24) is 4.90 Å².